The third-order valence-corrected chi connectivity index (χ3v) is 7.57. The van der Waals surface area contributed by atoms with Gasteiger partial charge in [-0.25, -0.2) is 0 Å². The van der Waals surface area contributed by atoms with Gasteiger partial charge in [0.2, 0.25) is 0 Å². The first kappa shape index (κ1) is 24.6. The van der Waals surface area contributed by atoms with Crippen molar-refractivity contribution in [1.29, 1.82) is 0 Å². The molecule has 3 rings (SSSR count). The Hall–Kier alpha value is -2.00. The first-order chi connectivity index (χ1) is 15.2. The topological polar surface area (TPSA) is 82.1 Å². The molecule has 0 bridgehead atoms. The summed E-state index contributed by atoms with van der Waals surface area (Å²) in [6.45, 7) is 2.03. The lowest BCUT2D eigenvalue weighted by Gasteiger charge is -2.30. The van der Waals surface area contributed by atoms with Gasteiger partial charge in [0.1, 0.15) is 22.7 Å². The highest BCUT2D eigenvalue weighted by molar-refractivity contribution is 7.86. The summed E-state index contributed by atoms with van der Waals surface area (Å²) in [6, 6.07) is 9.90. The van der Waals surface area contributed by atoms with Crippen molar-refractivity contribution in [3.05, 3.63) is 57.6 Å². The van der Waals surface area contributed by atoms with E-state index in [1.807, 2.05) is 0 Å². The van der Waals surface area contributed by atoms with Gasteiger partial charge < -0.3 is 14.4 Å². The van der Waals surface area contributed by atoms with Gasteiger partial charge in [-0.05, 0) is 36.2 Å². The molecule has 0 radical (unpaired) electrons. The molecule has 1 saturated heterocycles. The van der Waals surface area contributed by atoms with Gasteiger partial charge in [-0.2, -0.15) is 8.42 Å². The predicted molar refractivity (Wildman–Crippen MR) is 123 cm³/mol. The molecule has 2 aromatic carbocycles. The molecule has 32 heavy (non-hydrogen) atoms. The van der Waals surface area contributed by atoms with Crippen molar-refractivity contribution in [2.75, 3.05) is 33.1 Å². The fourth-order valence-electron chi connectivity index (χ4n) is 3.84. The number of amides is 1. The first-order valence-corrected chi connectivity index (χ1v) is 12.4. The minimum Gasteiger partial charge on any atom is -0.496 e. The highest BCUT2D eigenvalue weighted by Crippen LogP contribution is 2.41. The summed E-state index contributed by atoms with van der Waals surface area (Å²) in [5, 5.41) is 0.614. The van der Waals surface area contributed by atoms with E-state index in [0.717, 1.165) is 0 Å². The van der Waals surface area contributed by atoms with Gasteiger partial charge >= 0.3 is 0 Å². The molecule has 0 saturated carbocycles. The summed E-state index contributed by atoms with van der Waals surface area (Å²) in [7, 11) is -0.911. The SMILES string of the molecule is CCCS(=O)(=O)OC1(c2ccc(Cl)c(Cl)c2)CCN(C(=O)c2c(OC)cccc2OC)C1. The number of hydrogen-bond donors (Lipinski definition) is 0. The number of carbonyl (C=O) groups is 1. The number of hydrogen-bond acceptors (Lipinski definition) is 6. The monoisotopic (exact) mass is 501 g/mol. The van der Waals surface area contributed by atoms with Gasteiger partial charge in [0.25, 0.3) is 16.0 Å². The molecule has 0 aliphatic carbocycles. The molecule has 0 aromatic heterocycles. The number of carbonyl (C=O) groups excluding carboxylic acids is 1. The molecule has 0 N–H and O–H groups in total. The quantitative estimate of drug-likeness (QED) is 0.495. The lowest BCUT2D eigenvalue weighted by atomic mass is 9.93. The fraction of sp³-hybridized carbons (Fsp3) is 0.409. The summed E-state index contributed by atoms with van der Waals surface area (Å²) in [4.78, 5) is 15.0. The number of ether oxygens (including phenoxy) is 2. The zero-order valence-corrected chi connectivity index (χ0v) is 20.4. The normalized spacial score (nSPS) is 18.6. The molecule has 1 fully saturated rings. The van der Waals surface area contributed by atoms with E-state index < -0.39 is 15.7 Å². The van der Waals surface area contributed by atoms with Crippen LogP contribution in [-0.2, 0) is 19.9 Å². The zero-order valence-electron chi connectivity index (χ0n) is 18.1. The van der Waals surface area contributed by atoms with Gasteiger partial charge in [-0.1, -0.05) is 42.3 Å². The van der Waals surface area contributed by atoms with E-state index in [9.17, 15) is 13.2 Å². The number of halogens is 2. The summed E-state index contributed by atoms with van der Waals surface area (Å²) in [5.74, 6) is 0.240. The molecule has 1 aliphatic heterocycles. The third-order valence-electron chi connectivity index (χ3n) is 5.35. The van der Waals surface area contributed by atoms with Gasteiger partial charge in [0.05, 0.1) is 36.6 Å². The van der Waals surface area contributed by atoms with Crippen molar-refractivity contribution < 1.29 is 26.9 Å². The molecule has 2 aromatic rings. The molecule has 1 aliphatic rings. The minimum atomic E-state index is -3.85. The smallest absolute Gasteiger partial charge is 0.268 e. The Morgan fingerprint density at radius 1 is 1.09 bits per heavy atom. The van der Waals surface area contributed by atoms with Crippen molar-refractivity contribution in [2.24, 2.45) is 0 Å². The number of nitrogens with zero attached hydrogens (tertiary/aromatic N) is 1. The molecule has 7 nitrogen and oxygen atoms in total. The number of benzene rings is 2. The number of likely N-dealkylation sites (tertiary alicyclic amines) is 1. The number of methoxy groups -OCH3 is 2. The predicted octanol–water partition coefficient (Wildman–Crippen LogP) is 4.51. The largest absolute Gasteiger partial charge is 0.496 e. The van der Waals surface area contributed by atoms with Crippen LogP contribution in [0.15, 0.2) is 36.4 Å². The van der Waals surface area contributed by atoms with Crippen molar-refractivity contribution in [3.8, 4) is 11.5 Å². The van der Waals surface area contributed by atoms with Crippen molar-refractivity contribution in [3.63, 3.8) is 0 Å². The van der Waals surface area contributed by atoms with Crippen LogP contribution in [0.5, 0.6) is 11.5 Å². The molecule has 0 spiro atoms. The average Bonchev–Trinajstić information content (AvgIpc) is 3.18. The van der Waals surface area contributed by atoms with Gasteiger partial charge in [0.15, 0.2) is 0 Å². The second-order valence-corrected chi connectivity index (χ2v) is 9.99. The Bertz CT molecular complexity index is 1090. The minimum absolute atomic E-state index is 0.00788. The lowest BCUT2D eigenvalue weighted by molar-refractivity contribution is 0.0628. The molecule has 1 unspecified atom stereocenters. The van der Waals surface area contributed by atoms with Crippen LogP contribution in [0.1, 0.15) is 35.7 Å². The van der Waals surface area contributed by atoms with Crippen LogP contribution >= 0.6 is 23.2 Å². The Morgan fingerprint density at radius 2 is 1.75 bits per heavy atom. The van der Waals surface area contributed by atoms with E-state index in [2.05, 4.69) is 0 Å². The Kier molecular flexibility index (Phi) is 7.60. The first-order valence-electron chi connectivity index (χ1n) is 10.1. The van der Waals surface area contributed by atoms with Crippen molar-refractivity contribution in [1.82, 2.24) is 4.90 Å². The molecule has 10 heteroatoms. The lowest BCUT2D eigenvalue weighted by Crippen LogP contribution is -2.38. The Morgan fingerprint density at radius 3 is 2.31 bits per heavy atom. The van der Waals surface area contributed by atoms with Crippen molar-refractivity contribution in [2.45, 2.75) is 25.4 Å². The van der Waals surface area contributed by atoms with Gasteiger partial charge in [-0.15, -0.1) is 0 Å². The summed E-state index contributed by atoms with van der Waals surface area (Å²) in [5.41, 5.74) is -0.486. The van der Waals surface area contributed by atoms with Gasteiger partial charge in [-0.3, -0.25) is 8.98 Å². The van der Waals surface area contributed by atoms with Crippen LogP contribution in [0.4, 0.5) is 0 Å². The molecule has 1 amide bonds. The van der Waals surface area contributed by atoms with Crippen LogP contribution in [0.25, 0.3) is 0 Å². The standard InChI is InChI=1S/C22H25Cl2NO6S/c1-4-12-32(27,28)31-22(15-8-9-16(23)17(24)13-15)10-11-25(14-22)21(26)20-18(29-2)6-5-7-19(20)30-3/h5-9,13H,4,10-12,14H2,1-3H3. The van der Waals surface area contributed by atoms with Crippen LogP contribution in [0.2, 0.25) is 10.0 Å². The van der Waals surface area contributed by atoms with E-state index in [4.69, 9.17) is 36.9 Å². The third kappa shape index (κ3) is 4.98. The second-order valence-electron chi connectivity index (χ2n) is 7.48. The Labute approximate surface area is 198 Å². The molecular formula is C22H25Cl2NO6S. The fourth-order valence-corrected chi connectivity index (χ4v) is 5.44. The maximum atomic E-state index is 13.5. The van der Waals surface area contributed by atoms with E-state index >= 15 is 0 Å². The Balaban J connectivity index is 2.02. The van der Waals surface area contributed by atoms with E-state index in [1.165, 1.54) is 19.1 Å². The van der Waals surface area contributed by atoms with Gasteiger partial charge in [0, 0.05) is 13.0 Å². The van der Waals surface area contributed by atoms with Crippen LogP contribution in [0.3, 0.4) is 0 Å². The molecular weight excluding hydrogens is 477 g/mol. The summed E-state index contributed by atoms with van der Waals surface area (Å²) < 4.78 is 41.8. The van der Waals surface area contributed by atoms with Crippen LogP contribution in [-0.4, -0.2) is 52.3 Å². The average molecular weight is 502 g/mol. The van der Waals surface area contributed by atoms with E-state index in [1.54, 1.807) is 43.3 Å². The summed E-state index contributed by atoms with van der Waals surface area (Å²) in [6.07, 6.45) is 0.665. The highest BCUT2D eigenvalue weighted by Gasteiger charge is 2.46. The molecule has 174 valence electrons. The maximum Gasteiger partial charge on any atom is 0.268 e. The highest BCUT2D eigenvalue weighted by atomic mass is 35.5. The molecule has 1 atom stereocenters. The van der Waals surface area contributed by atoms with E-state index in [0.29, 0.717) is 28.5 Å². The zero-order chi connectivity index (χ0) is 23.5. The van der Waals surface area contributed by atoms with Crippen molar-refractivity contribution >= 4 is 39.2 Å². The van der Waals surface area contributed by atoms with E-state index in [-0.39, 0.29) is 41.8 Å². The number of rotatable bonds is 8. The maximum absolute atomic E-state index is 13.5. The second kappa shape index (κ2) is 9.87. The van der Waals surface area contributed by atoms with Crippen LogP contribution in [0, 0.1) is 0 Å². The molecule has 1 heterocycles. The van der Waals surface area contributed by atoms with Crippen LogP contribution < -0.4 is 9.47 Å². The summed E-state index contributed by atoms with van der Waals surface area (Å²) >= 11 is 12.3.